The van der Waals surface area contributed by atoms with Gasteiger partial charge in [0.05, 0.1) is 7.11 Å². The molecule has 3 aromatic rings. The molecule has 0 bridgehead atoms. The van der Waals surface area contributed by atoms with Gasteiger partial charge in [-0.2, -0.15) is 0 Å². The summed E-state index contributed by atoms with van der Waals surface area (Å²) in [5.41, 5.74) is 2.78. The Morgan fingerprint density at radius 2 is 1.45 bits per heavy atom. The number of fused-ring (bicyclic) bond motifs is 1. The lowest BCUT2D eigenvalue weighted by molar-refractivity contribution is 0.415. The van der Waals surface area contributed by atoms with Crippen LogP contribution in [0.5, 0.6) is 5.75 Å². The molecule has 1 radical (unpaired) electrons. The molecule has 3 aromatic carbocycles. The first-order valence-corrected chi connectivity index (χ1v) is 6.36. The Labute approximate surface area is 117 Å². The van der Waals surface area contributed by atoms with Crippen LogP contribution in [0.2, 0.25) is 0 Å². The minimum atomic E-state index is 0.569. The van der Waals surface area contributed by atoms with E-state index < -0.39 is 0 Å². The maximum absolute atomic E-state index is 10.6. The zero-order chi connectivity index (χ0) is 13.9. The molecule has 97 valence electrons. The molecule has 0 aliphatic rings. The van der Waals surface area contributed by atoms with Crippen molar-refractivity contribution in [2.75, 3.05) is 7.11 Å². The normalized spacial score (nSPS) is 10.4. The fraction of sp³-hybridized carbons (Fsp3) is 0.0556. The van der Waals surface area contributed by atoms with Crippen molar-refractivity contribution in [3.8, 4) is 16.9 Å². The molecule has 0 atom stereocenters. The molecule has 0 aliphatic carbocycles. The van der Waals surface area contributed by atoms with Crippen molar-refractivity contribution in [1.29, 1.82) is 0 Å². The number of hydrogen-bond donors (Lipinski definition) is 0. The third kappa shape index (κ3) is 2.28. The van der Waals surface area contributed by atoms with Crippen molar-refractivity contribution in [3.05, 3.63) is 66.2 Å². The van der Waals surface area contributed by atoms with Crippen molar-refractivity contribution >= 4 is 17.1 Å². The van der Waals surface area contributed by atoms with Gasteiger partial charge in [-0.15, -0.1) is 0 Å². The molecule has 3 rings (SSSR count). The van der Waals surface area contributed by atoms with Gasteiger partial charge in [0.15, 0.2) is 0 Å². The van der Waals surface area contributed by atoms with Gasteiger partial charge in [-0.05, 0) is 40.1 Å². The summed E-state index contributed by atoms with van der Waals surface area (Å²) in [6.07, 6.45) is 1.88. The number of ether oxygens (including phenoxy) is 1. The largest absolute Gasteiger partial charge is 0.497 e. The molecule has 20 heavy (non-hydrogen) atoms. The molecule has 2 heteroatoms. The first-order chi connectivity index (χ1) is 9.80. The molecule has 0 aliphatic heterocycles. The highest BCUT2D eigenvalue weighted by atomic mass is 16.5. The molecule has 0 aromatic heterocycles. The van der Waals surface area contributed by atoms with Crippen LogP contribution in [0.3, 0.4) is 0 Å². The quantitative estimate of drug-likeness (QED) is 0.713. The van der Waals surface area contributed by atoms with Crippen LogP contribution in [0.15, 0.2) is 60.7 Å². The highest BCUT2D eigenvalue weighted by molar-refractivity contribution is 5.88. The lowest BCUT2D eigenvalue weighted by Crippen LogP contribution is -1.84. The van der Waals surface area contributed by atoms with E-state index >= 15 is 0 Å². The van der Waals surface area contributed by atoms with E-state index in [1.165, 1.54) is 0 Å². The van der Waals surface area contributed by atoms with Crippen molar-refractivity contribution in [1.82, 2.24) is 0 Å². The van der Waals surface area contributed by atoms with Gasteiger partial charge in [-0.3, -0.25) is 4.79 Å². The summed E-state index contributed by atoms with van der Waals surface area (Å²) in [5.74, 6) is 0.858. The second-order valence-electron chi connectivity index (χ2n) is 4.61. The van der Waals surface area contributed by atoms with Crippen LogP contribution >= 0.6 is 0 Å². The molecular formula is C18H13O2. The topological polar surface area (TPSA) is 26.3 Å². The van der Waals surface area contributed by atoms with Crippen molar-refractivity contribution in [3.63, 3.8) is 0 Å². The number of hydrogen-bond acceptors (Lipinski definition) is 2. The van der Waals surface area contributed by atoms with Crippen LogP contribution in [0, 0.1) is 0 Å². The number of methoxy groups -OCH3 is 1. The Morgan fingerprint density at radius 1 is 0.800 bits per heavy atom. The van der Waals surface area contributed by atoms with Gasteiger partial charge >= 0.3 is 0 Å². The minimum absolute atomic E-state index is 0.569. The number of benzene rings is 3. The predicted molar refractivity (Wildman–Crippen MR) is 80.7 cm³/mol. The Morgan fingerprint density at radius 3 is 2.15 bits per heavy atom. The molecule has 0 amide bonds. The van der Waals surface area contributed by atoms with Gasteiger partial charge in [0.1, 0.15) is 5.75 Å². The summed E-state index contributed by atoms with van der Waals surface area (Å²) < 4.78 is 5.23. The van der Waals surface area contributed by atoms with Crippen molar-refractivity contribution in [2.45, 2.75) is 0 Å². The fourth-order valence-electron chi connectivity index (χ4n) is 2.26. The average molecular weight is 261 g/mol. The van der Waals surface area contributed by atoms with Crippen molar-refractivity contribution in [2.24, 2.45) is 0 Å². The van der Waals surface area contributed by atoms with E-state index in [1.54, 1.807) is 19.2 Å². The molecule has 2 nitrogen and oxygen atoms in total. The van der Waals surface area contributed by atoms with Gasteiger partial charge in [0.25, 0.3) is 0 Å². The van der Waals surface area contributed by atoms with E-state index in [1.807, 2.05) is 36.6 Å². The van der Waals surface area contributed by atoms with Gasteiger partial charge in [0, 0.05) is 5.56 Å². The average Bonchev–Trinajstić information content (AvgIpc) is 2.54. The minimum Gasteiger partial charge on any atom is -0.497 e. The second-order valence-corrected chi connectivity index (χ2v) is 4.61. The van der Waals surface area contributed by atoms with Gasteiger partial charge in [-0.25, -0.2) is 0 Å². The SMILES string of the molecule is COc1ccc2cc(-c3ccc([C]=O)cc3)ccc2c1. The van der Waals surface area contributed by atoms with E-state index in [2.05, 4.69) is 18.2 Å². The first kappa shape index (κ1) is 12.4. The third-order valence-corrected chi connectivity index (χ3v) is 3.38. The monoisotopic (exact) mass is 261 g/mol. The van der Waals surface area contributed by atoms with Crippen LogP contribution in [0.25, 0.3) is 21.9 Å². The van der Waals surface area contributed by atoms with Crippen LogP contribution in [0.4, 0.5) is 0 Å². The summed E-state index contributed by atoms with van der Waals surface area (Å²) in [5, 5.41) is 2.31. The molecule has 0 unspecified atom stereocenters. The Kier molecular flexibility index (Phi) is 3.21. The number of carbonyl (C=O) groups excluding carboxylic acids is 1. The fourth-order valence-corrected chi connectivity index (χ4v) is 2.26. The zero-order valence-electron chi connectivity index (χ0n) is 11.1. The van der Waals surface area contributed by atoms with Gasteiger partial charge in [0.2, 0.25) is 6.29 Å². The Balaban J connectivity index is 2.05. The van der Waals surface area contributed by atoms with Crippen LogP contribution < -0.4 is 4.74 Å². The van der Waals surface area contributed by atoms with E-state index in [0.29, 0.717) is 5.56 Å². The lowest BCUT2D eigenvalue weighted by Gasteiger charge is -2.06. The smallest absolute Gasteiger partial charge is 0.233 e. The van der Waals surface area contributed by atoms with E-state index in [4.69, 9.17) is 4.74 Å². The summed E-state index contributed by atoms with van der Waals surface area (Å²) in [4.78, 5) is 10.6. The second kappa shape index (κ2) is 5.17. The van der Waals surface area contributed by atoms with Crippen LogP contribution in [0.1, 0.15) is 5.56 Å². The molecule has 0 saturated carbocycles. The first-order valence-electron chi connectivity index (χ1n) is 6.36. The third-order valence-electron chi connectivity index (χ3n) is 3.38. The number of rotatable bonds is 3. The molecule has 0 saturated heterocycles. The zero-order valence-corrected chi connectivity index (χ0v) is 11.1. The van der Waals surface area contributed by atoms with Crippen molar-refractivity contribution < 1.29 is 9.53 Å². The predicted octanol–water partition coefficient (Wildman–Crippen LogP) is 3.97. The lowest BCUT2D eigenvalue weighted by atomic mass is 10.0. The van der Waals surface area contributed by atoms with Gasteiger partial charge in [-0.1, -0.05) is 42.5 Å². The summed E-state index contributed by atoms with van der Waals surface area (Å²) in [6, 6.07) is 19.7. The Hall–Kier alpha value is -2.61. The molecular weight excluding hydrogens is 248 g/mol. The van der Waals surface area contributed by atoms with E-state index in [-0.39, 0.29) is 0 Å². The van der Waals surface area contributed by atoms with Crippen LogP contribution in [-0.4, -0.2) is 13.4 Å². The maximum Gasteiger partial charge on any atom is 0.233 e. The van der Waals surface area contributed by atoms with Gasteiger partial charge < -0.3 is 4.74 Å². The molecule has 0 fully saturated rings. The maximum atomic E-state index is 10.6. The van der Waals surface area contributed by atoms with E-state index in [9.17, 15) is 4.79 Å². The molecule has 0 spiro atoms. The highest BCUT2D eigenvalue weighted by Crippen LogP contribution is 2.27. The summed E-state index contributed by atoms with van der Waals surface area (Å²) in [6.45, 7) is 0. The molecule has 0 heterocycles. The standard InChI is InChI=1S/C18H13O2/c1-20-18-9-8-16-10-15(6-7-17(16)11-18)14-4-2-13(12-19)3-5-14/h2-11H,1H3. The van der Waals surface area contributed by atoms with Crippen LogP contribution in [-0.2, 0) is 4.79 Å². The van der Waals surface area contributed by atoms with E-state index in [0.717, 1.165) is 27.6 Å². The summed E-state index contributed by atoms with van der Waals surface area (Å²) in [7, 11) is 1.67. The molecule has 0 N–H and O–H groups in total. The summed E-state index contributed by atoms with van der Waals surface area (Å²) >= 11 is 0. The highest BCUT2D eigenvalue weighted by Gasteiger charge is 2.01. The Bertz CT molecular complexity index is 758.